The largest absolute Gasteiger partial charge is 0.387 e. The van der Waals surface area contributed by atoms with Gasteiger partial charge in [-0.15, -0.1) is 0 Å². The summed E-state index contributed by atoms with van der Waals surface area (Å²) in [4.78, 5) is 0. The first-order chi connectivity index (χ1) is 5.59. The SMILES string of the molecule is Cc1ccc(CC(=N)N)cc1C. The van der Waals surface area contributed by atoms with Crippen molar-refractivity contribution in [1.82, 2.24) is 0 Å². The highest BCUT2D eigenvalue weighted by Crippen LogP contribution is 2.09. The molecule has 1 rings (SSSR count). The molecule has 3 N–H and O–H groups in total. The Kier molecular flexibility index (Phi) is 2.48. The van der Waals surface area contributed by atoms with Gasteiger partial charge >= 0.3 is 0 Å². The van der Waals surface area contributed by atoms with Crippen molar-refractivity contribution in [1.29, 1.82) is 5.41 Å². The molecule has 1 aromatic carbocycles. The molecule has 0 fully saturated rings. The van der Waals surface area contributed by atoms with Crippen LogP contribution in [0.15, 0.2) is 18.2 Å². The van der Waals surface area contributed by atoms with Gasteiger partial charge in [-0.2, -0.15) is 0 Å². The second-order valence-electron chi connectivity index (χ2n) is 3.12. The molecule has 2 heteroatoms. The summed E-state index contributed by atoms with van der Waals surface area (Å²) in [6.07, 6.45) is 0.557. The summed E-state index contributed by atoms with van der Waals surface area (Å²) in [5, 5.41) is 7.13. The first kappa shape index (κ1) is 8.78. The van der Waals surface area contributed by atoms with Crippen molar-refractivity contribution < 1.29 is 0 Å². The molecule has 0 bridgehead atoms. The Balaban J connectivity index is 2.89. The molecule has 0 amide bonds. The van der Waals surface area contributed by atoms with E-state index in [4.69, 9.17) is 11.1 Å². The summed E-state index contributed by atoms with van der Waals surface area (Å²) in [6.45, 7) is 4.14. The predicted molar refractivity (Wildman–Crippen MR) is 51.5 cm³/mol. The maximum atomic E-state index is 7.13. The van der Waals surface area contributed by atoms with Gasteiger partial charge in [-0.3, -0.25) is 5.41 Å². The molecular formula is C10H14N2. The van der Waals surface area contributed by atoms with E-state index in [1.807, 2.05) is 6.07 Å². The quantitative estimate of drug-likeness (QED) is 0.505. The standard InChI is InChI=1S/C10H14N2/c1-7-3-4-9(5-8(7)2)6-10(11)12/h3-5H,6H2,1-2H3,(H3,11,12). The topological polar surface area (TPSA) is 49.9 Å². The molecule has 0 heterocycles. The minimum atomic E-state index is 0.221. The van der Waals surface area contributed by atoms with Crippen molar-refractivity contribution in [2.75, 3.05) is 0 Å². The van der Waals surface area contributed by atoms with Gasteiger partial charge in [0.1, 0.15) is 0 Å². The van der Waals surface area contributed by atoms with Gasteiger partial charge in [-0.1, -0.05) is 18.2 Å². The monoisotopic (exact) mass is 162 g/mol. The van der Waals surface area contributed by atoms with Crippen molar-refractivity contribution in [2.45, 2.75) is 20.3 Å². The molecular weight excluding hydrogens is 148 g/mol. The minimum absolute atomic E-state index is 0.221. The van der Waals surface area contributed by atoms with Crippen LogP contribution in [0.1, 0.15) is 16.7 Å². The van der Waals surface area contributed by atoms with E-state index in [-0.39, 0.29) is 5.84 Å². The third kappa shape index (κ3) is 2.09. The molecule has 0 saturated carbocycles. The molecule has 0 aliphatic heterocycles. The molecule has 0 radical (unpaired) electrons. The smallest absolute Gasteiger partial charge is 0.0950 e. The van der Waals surface area contributed by atoms with Crippen LogP contribution in [-0.4, -0.2) is 5.84 Å². The van der Waals surface area contributed by atoms with Gasteiger partial charge in [0.15, 0.2) is 0 Å². The normalized spacial score (nSPS) is 9.83. The van der Waals surface area contributed by atoms with E-state index in [0.717, 1.165) is 5.56 Å². The van der Waals surface area contributed by atoms with E-state index in [1.165, 1.54) is 11.1 Å². The highest BCUT2D eigenvalue weighted by Gasteiger charge is 1.97. The summed E-state index contributed by atoms with van der Waals surface area (Å²) in [6, 6.07) is 6.16. The molecule has 0 saturated heterocycles. The number of benzene rings is 1. The fraction of sp³-hybridized carbons (Fsp3) is 0.300. The third-order valence-electron chi connectivity index (χ3n) is 1.97. The fourth-order valence-electron chi connectivity index (χ4n) is 1.13. The van der Waals surface area contributed by atoms with E-state index in [0.29, 0.717) is 6.42 Å². The maximum absolute atomic E-state index is 7.13. The highest BCUT2D eigenvalue weighted by molar-refractivity contribution is 5.79. The molecule has 0 unspecified atom stereocenters. The Morgan fingerprint density at radius 1 is 1.33 bits per heavy atom. The van der Waals surface area contributed by atoms with Crippen LogP contribution in [0.4, 0.5) is 0 Å². The molecule has 2 nitrogen and oxygen atoms in total. The van der Waals surface area contributed by atoms with Crippen LogP contribution in [-0.2, 0) is 6.42 Å². The lowest BCUT2D eigenvalue weighted by molar-refractivity contribution is 1.21. The minimum Gasteiger partial charge on any atom is -0.387 e. The van der Waals surface area contributed by atoms with Crippen LogP contribution in [0.2, 0.25) is 0 Å². The number of hydrogen-bond acceptors (Lipinski definition) is 1. The van der Waals surface area contributed by atoms with Crippen LogP contribution in [0, 0.1) is 19.3 Å². The molecule has 1 aromatic rings. The van der Waals surface area contributed by atoms with Crippen molar-refractivity contribution in [3.05, 3.63) is 34.9 Å². The zero-order chi connectivity index (χ0) is 9.14. The van der Waals surface area contributed by atoms with Gasteiger partial charge < -0.3 is 5.73 Å². The van der Waals surface area contributed by atoms with Crippen LogP contribution >= 0.6 is 0 Å². The lowest BCUT2D eigenvalue weighted by Gasteiger charge is -2.03. The summed E-state index contributed by atoms with van der Waals surface area (Å²) in [7, 11) is 0. The fourth-order valence-corrected chi connectivity index (χ4v) is 1.13. The van der Waals surface area contributed by atoms with Crippen LogP contribution in [0.25, 0.3) is 0 Å². The van der Waals surface area contributed by atoms with Gasteiger partial charge in [-0.05, 0) is 30.5 Å². The summed E-state index contributed by atoms with van der Waals surface area (Å²) < 4.78 is 0. The molecule has 64 valence electrons. The van der Waals surface area contributed by atoms with Crippen LogP contribution < -0.4 is 5.73 Å². The van der Waals surface area contributed by atoms with Gasteiger partial charge in [0.2, 0.25) is 0 Å². The van der Waals surface area contributed by atoms with Crippen LogP contribution in [0.5, 0.6) is 0 Å². The van der Waals surface area contributed by atoms with Gasteiger partial charge in [0.25, 0.3) is 0 Å². The van der Waals surface area contributed by atoms with Crippen molar-refractivity contribution in [3.8, 4) is 0 Å². The van der Waals surface area contributed by atoms with Gasteiger partial charge in [-0.25, -0.2) is 0 Å². The Morgan fingerprint density at radius 3 is 2.50 bits per heavy atom. The second-order valence-corrected chi connectivity index (χ2v) is 3.12. The number of nitrogens with two attached hydrogens (primary N) is 1. The van der Waals surface area contributed by atoms with E-state index in [2.05, 4.69) is 26.0 Å². The van der Waals surface area contributed by atoms with Crippen LogP contribution in [0.3, 0.4) is 0 Å². The first-order valence-electron chi connectivity index (χ1n) is 3.98. The second kappa shape index (κ2) is 3.39. The third-order valence-corrected chi connectivity index (χ3v) is 1.97. The number of rotatable bonds is 2. The Morgan fingerprint density at radius 2 is 2.00 bits per heavy atom. The number of aryl methyl sites for hydroxylation is 2. The summed E-state index contributed by atoms with van der Waals surface area (Å²) in [5.41, 5.74) is 8.95. The van der Waals surface area contributed by atoms with Crippen molar-refractivity contribution in [2.24, 2.45) is 5.73 Å². The Bertz CT molecular complexity index is 303. The highest BCUT2D eigenvalue weighted by atomic mass is 14.7. The Labute approximate surface area is 72.9 Å². The van der Waals surface area contributed by atoms with E-state index in [9.17, 15) is 0 Å². The Hall–Kier alpha value is -1.31. The molecule has 0 aliphatic rings. The van der Waals surface area contributed by atoms with Gasteiger partial charge in [0, 0.05) is 6.42 Å². The zero-order valence-electron chi connectivity index (χ0n) is 7.52. The maximum Gasteiger partial charge on any atom is 0.0950 e. The van der Waals surface area contributed by atoms with E-state index in [1.54, 1.807) is 0 Å². The lowest BCUT2D eigenvalue weighted by Crippen LogP contribution is -2.12. The first-order valence-corrected chi connectivity index (χ1v) is 3.98. The van der Waals surface area contributed by atoms with Crippen molar-refractivity contribution in [3.63, 3.8) is 0 Å². The summed E-state index contributed by atoms with van der Waals surface area (Å²) >= 11 is 0. The zero-order valence-corrected chi connectivity index (χ0v) is 7.52. The average molecular weight is 162 g/mol. The average Bonchev–Trinajstić information content (AvgIpc) is 1.96. The number of nitrogens with one attached hydrogen (secondary N) is 1. The number of amidine groups is 1. The summed E-state index contributed by atoms with van der Waals surface area (Å²) in [5.74, 6) is 0.221. The molecule has 0 atom stereocenters. The van der Waals surface area contributed by atoms with E-state index >= 15 is 0 Å². The van der Waals surface area contributed by atoms with Gasteiger partial charge in [0.05, 0.1) is 5.84 Å². The van der Waals surface area contributed by atoms with Crippen molar-refractivity contribution >= 4 is 5.84 Å². The lowest BCUT2D eigenvalue weighted by atomic mass is 10.0. The van der Waals surface area contributed by atoms with E-state index < -0.39 is 0 Å². The molecule has 0 spiro atoms. The molecule has 12 heavy (non-hydrogen) atoms. The molecule has 0 aliphatic carbocycles. The molecule has 0 aromatic heterocycles. The number of hydrogen-bond donors (Lipinski definition) is 2. The predicted octanol–water partition coefficient (Wildman–Crippen LogP) is 1.78.